The molecule has 0 aliphatic heterocycles. The zero-order chi connectivity index (χ0) is 13.9. The second kappa shape index (κ2) is 6.11. The lowest BCUT2D eigenvalue weighted by atomic mass is 9.98. The third-order valence-electron chi connectivity index (χ3n) is 2.82. The van der Waals surface area contributed by atoms with E-state index in [0.717, 1.165) is 18.8 Å². The Labute approximate surface area is 123 Å². The molecule has 1 unspecified atom stereocenters. The molecule has 1 atom stereocenters. The number of rotatable bonds is 5. The first-order valence-corrected chi connectivity index (χ1v) is 8.27. The van der Waals surface area contributed by atoms with E-state index in [0.29, 0.717) is 5.92 Å². The molecule has 0 fully saturated rings. The van der Waals surface area contributed by atoms with Gasteiger partial charge in [-0.05, 0) is 0 Å². The lowest BCUT2D eigenvalue weighted by molar-refractivity contribution is 0.574. The van der Waals surface area contributed by atoms with Gasteiger partial charge < -0.3 is 5.32 Å². The van der Waals surface area contributed by atoms with E-state index in [1.54, 1.807) is 22.7 Å². The van der Waals surface area contributed by atoms with Crippen molar-refractivity contribution in [3.05, 3.63) is 32.7 Å². The van der Waals surface area contributed by atoms with Crippen LogP contribution in [-0.2, 0) is 12.0 Å². The number of aromatic nitrogens is 2. The van der Waals surface area contributed by atoms with Crippen LogP contribution < -0.4 is 5.32 Å². The molecule has 2 aromatic rings. The van der Waals surface area contributed by atoms with Gasteiger partial charge in [0.2, 0.25) is 0 Å². The maximum atomic E-state index is 4.68. The van der Waals surface area contributed by atoms with Crippen molar-refractivity contribution in [1.82, 2.24) is 15.3 Å². The van der Waals surface area contributed by atoms with E-state index in [1.165, 1.54) is 10.0 Å². The van der Waals surface area contributed by atoms with Crippen molar-refractivity contribution in [2.24, 2.45) is 0 Å². The third-order valence-corrected chi connectivity index (χ3v) is 5.15. The minimum absolute atomic E-state index is 0.150. The van der Waals surface area contributed by atoms with E-state index in [4.69, 9.17) is 0 Å². The predicted molar refractivity (Wildman–Crippen MR) is 83.0 cm³/mol. The van der Waals surface area contributed by atoms with Crippen molar-refractivity contribution in [3.63, 3.8) is 0 Å². The first-order chi connectivity index (χ1) is 8.97. The Balaban J connectivity index is 1.81. The molecule has 0 aliphatic rings. The van der Waals surface area contributed by atoms with E-state index in [-0.39, 0.29) is 5.41 Å². The molecule has 0 spiro atoms. The fourth-order valence-electron chi connectivity index (χ4n) is 1.71. The summed E-state index contributed by atoms with van der Waals surface area (Å²) in [5.74, 6) is 0.459. The Hall–Kier alpha value is -0.780. The first-order valence-electron chi connectivity index (χ1n) is 6.52. The highest BCUT2D eigenvalue weighted by atomic mass is 32.1. The number of hydrogen-bond donors (Lipinski definition) is 1. The van der Waals surface area contributed by atoms with Crippen LogP contribution in [0.3, 0.4) is 0 Å². The maximum absolute atomic E-state index is 4.68. The van der Waals surface area contributed by atoms with E-state index in [2.05, 4.69) is 48.4 Å². The van der Waals surface area contributed by atoms with Gasteiger partial charge in [0.1, 0.15) is 0 Å². The highest BCUT2D eigenvalue weighted by Gasteiger charge is 2.17. The quantitative estimate of drug-likeness (QED) is 0.912. The van der Waals surface area contributed by atoms with E-state index in [1.807, 2.05) is 11.6 Å². The molecule has 0 bridgehead atoms. The summed E-state index contributed by atoms with van der Waals surface area (Å²) in [6.45, 7) is 10.6. The minimum atomic E-state index is 0.150. The summed E-state index contributed by atoms with van der Waals surface area (Å²) in [4.78, 5) is 9.03. The molecule has 2 aromatic heterocycles. The smallest absolute Gasteiger partial charge is 0.0982 e. The molecular weight excluding hydrogens is 274 g/mol. The monoisotopic (exact) mass is 295 g/mol. The van der Waals surface area contributed by atoms with Gasteiger partial charge in [-0.25, -0.2) is 9.97 Å². The fourth-order valence-corrected chi connectivity index (χ4v) is 3.32. The zero-order valence-corrected chi connectivity index (χ0v) is 13.6. The van der Waals surface area contributed by atoms with Crippen LogP contribution in [0.1, 0.15) is 49.3 Å². The lowest BCUT2D eigenvalue weighted by Crippen LogP contribution is -2.20. The Morgan fingerprint density at radius 1 is 1.32 bits per heavy atom. The van der Waals surface area contributed by atoms with Crippen LogP contribution in [0, 0.1) is 0 Å². The summed E-state index contributed by atoms with van der Waals surface area (Å²) < 4.78 is 0. The normalized spacial score (nSPS) is 13.7. The summed E-state index contributed by atoms with van der Waals surface area (Å²) in [5.41, 5.74) is 1.29. The predicted octanol–water partition coefficient (Wildman–Crippen LogP) is 3.79. The topological polar surface area (TPSA) is 37.8 Å². The standard InChI is InChI=1S/C14H21N3S2/c1-10(12-16-5-6-18-12)7-15-8-11-9-19-13(17-11)14(2,3)4/h5-6,9-10,15H,7-8H2,1-4H3. The van der Waals surface area contributed by atoms with Crippen LogP contribution in [0.15, 0.2) is 17.0 Å². The lowest BCUT2D eigenvalue weighted by Gasteiger charge is -2.13. The van der Waals surface area contributed by atoms with Crippen LogP contribution in [-0.4, -0.2) is 16.5 Å². The molecule has 3 nitrogen and oxygen atoms in total. The fraction of sp³-hybridized carbons (Fsp3) is 0.571. The van der Waals surface area contributed by atoms with E-state index >= 15 is 0 Å². The molecule has 0 saturated heterocycles. The summed E-state index contributed by atoms with van der Waals surface area (Å²) in [6, 6.07) is 0. The van der Waals surface area contributed by atoms with Crippen molar-refractivity contribution in [1.29, 1.82) is 0 Å². The van der Waals surface area contributed by atoms with Crippen LogP contribution in [0.25, 0.3) is 0 Å². The van der Waals surface area contributed by atoms with Gasteiger partial charge in [0.25, 0.3) is 0 Å². The first kappa shape index (κ1) is 14.6. The number of thiazole rings is 2. The molecule has 104 valence electrons. The van der Waals surface area contributed by atoms with Crippen molar-refractivity contribution in [2.75, 3.05) is 6.54 Å². The Morgan fingerprint density at radius 2 is 2.11 bits per heavy atom. The highest BCUT2D eigenvalue weighted by molar-refractivity contribution is 7.10. The van der Waals surface area contributed by atoms with Gasteiger partial charge in [0.05, 0.1) is 15.7 Å². The molecule has 2 heterocycles. The van der Waals surface area contributed by atoms with Crippen LogP contribution in [0.4, 0.5) is 0 Å². The Bertz CT molecular complexity index is 497. The Kier molecular flexibility index (Phi) is 4.71. The van der Waals surface area contributed by atoms with Gasteiger partial charge in [-0.2, -0.15) is 0 Å². The highest BCUT2D eigenvalue weighted by Crippen LogP contribution is 2.25. The van der Waals surface area contributed by atoms with Gasteiger partial charge in [-0.15, -0.1) is 22.7 Å². The summed E-state index contributed by atoms with van der Waals surface area (Å²) in [7, 11) is 0. The number of nitrogens with one attached hydrogen (secondary N) is 1. The third kappa shape index (κ3) is 4.09. The van der Waals surface area contributed by atoms with Crippen molar-refractivity contribution in [3.8, 4) is 0 Å². The largest absolute Gasteiger partial charge is 0.310 e. The average molecular weight is 295 g/mol. The number of nitrogens with zero attached hydrogens (tertiary/aromatic N) is 2. The zero-order valence-electron chi connectivity index (χ0n) is 11.9. The van der Waals surface area contributed by atoms with E-state index in [9.17, 15) is 0 Å². The summed E-state index contributed by atoms with van der Waals surface area (Å²) >= 11 is 3.47. The molecule has 0 radical (unpaired) electrons. The van der Waals surface area contributed by atoms with Gasteiger partial charge in [0, 0.05) is 41.4 Å². The molecule has 2 rings (SSSR count). The second-order valence-electron chi connectivity index (χ2n) is 5.80. The van der Waals surface area contributed by atoms with Gasteiger partial charge in [-0.3, -0.25) is 0 Å². The molecule has 5 heteroatoms. The van der Waals surface area contributed by atoms with E-state index < -0.39 is 0 Å². The SMILES string of the molecule is CC(CNCc1csc(C(C)(C)C)n1)c1nccs1. The van der Waals surface area contributed by atoms with Gasteiger partial charge in [-0.1, -0.05) is 27.7 Å². The second-order valence-corrected chi connectivity index (χ2v) is 7.58. The average Bonchev–Trinajstić information content (AvgIpc) is 2.99. The number of hydrogen-bond acceptors (Lipinski definition) is 5. The van der Waals surface area contributed by atoms with Crippen molar-refractivity contribution >= 4 is 22.7 Å². The molecule has 19 heavy (non-hydrogen) atoms. The molecular formula is C14H21N3S2. The van der Waals surface area contributed by atoms with Crippen molar-refractivity contribution < 1.29 is 0 Å². The molecule has 0 saturated carbocycles. The maximum Gasteiger partial charge on any atom is 0.0982 e. The molecule has 0 aliphatic carbocycles. The molecule has 1 N–H and O–H groups in total. The van der Waals surface area contributed by atoms with Gasteiger partial charge >= 0.3 is 0 Å². The van der Waals surface area contributed by atoms with Crippen LogP contribution in [0.2, 0.25) is 0 Å². The van der Waals surface area contributed by atoms with Gasteiger partial charge in [0.15, 0.2) is 0 Å². The Morgan fingerprint density at radius 3 is 2.68 bits per heavy atom. The minimum Gasteiger partial charge on any atom is -0.310 e. The summed E-state index contributed by atoms with van der Waals surface area (Å²) in [5, 5.41) is 10.1. The van der Waals surface area contributed by atoms with Crippen molar-refractivity contribution in [2.45, 2.75) is 45.6 Å². The van der Waals surface area contributed by atoms with Crippen LogP contribution >= 0.6 is 22.7 Å². The summed E-state index contributed by atoms with van der Waals surface area (Å²) in [6.07, 6.45) is 1.87. The van der Waals surface area contributed by atoms with Crippen LogP contribution in [0.5, 0.6) is 0 Å². The molecule has 0 amide bonds. The molecule has 0 aromatic carbocycles.